The topological polar surface area (TPSA) is 62.1 Å². The van der Waals surface area contributed by atoms with Crippen molar-refractivity contribution in [3.63, 3.8) is 0 Å². The monoisotopic (exact) mass is 353 g/mol. The van der Waals surface area contributed by atoms with Gasteiger partial charge in [0.15, 0.2) is 0 Å². The van der Waals surface area contributed by atoms with Crippen LogP contribution in [0.15, 0.2) is 30.5 Å². The fraction of sp³-hybridized carbons (Fsp3) is 0.471. The number of carbonyl (C=O) groups is 1. The number of aromatic nitrogens is 1. The third-order valence-electron chi connectivity index (χ3n) is 4.34. The predicted octanol–water partition coefficient (Wildman–Crippen LogP) is 2.81. The quantitative estimate of drug-likeness (QED) is 0.888. The van der Waals surface area contributed by atoms with Crippen LogP contribution in [0.25, 0.3) is 10.9 Å². The van der Waals surface area contributed by atoms with Gasteiger partial charge in [0.1, 0.15) is 0 Å². The summed E-state index contributed by atoms with van der Waals surface area (Å²) in [5, 5.41) is 1.71. The third kappa shape index (κ3) is 4.03. The molecule has 1 aliphatic heterocycles. The highest BCUT2D eigenvalue weighted by Crippen LogP contribution is 2.23. The summed E-state index contributed by atoms with van der Waals surface area (Å²) in [7, 11) is 0. The van der Waals surface area contributed by atoms with Crippen molar-refractivity contribution in [2.24, 2.45) is 5.73 Å². The molecule has 1 aromatic heterocycles. The van der Waals surface area contributed by atoms with Gasteiger partial charge in [-0.1, -0.05) is 25.1 Å². The molecule has 1 amide bonds. The number of halogens is 1. The third-order valence-corrected chi connectivity index (χ3v) is 5.71. The molecule has 3 rings (SSSR count). The second-order valence-corrected chi connectivity index (χ2v) is 7.26. The number of hydrogen-bond donors (Lipinski definition) is 2. The van der Waals surface area contributed by atoms with Crippen LogP contribution in [0.5, 0.6) is 0 Å². The molecule has 2 heterocycles. The lowest BCUT2D eigenvalue weighted by Crippen LogP contribution is -2.49. The molecular weight excluding hydrogens is 330 g/mol. The molecule has 23 heavy (non-hydrogen) atoms. The van der Waals surface area contributed by atoms with Crippen molar-refractivity contribution in [1.29, 1.82) is 0 Å². The molecule has 0 spiro atoms. The summed E-state index contributed by atoms with van der Waals surface area (Å²) in [6, 6.07) is 7.67. The summed E-state index contributed by atoms with van der Waals surface area (Å²) in [6.45, 7) is 3.83. The van der Waals surface area contributed by atoms with Gasteiger partial charge in [0, 0.05) is 41.2 Å². The van der Waals surface area contributed by atoms with E-state index < -0.39 is 6.04 Å². The Morgan fingerprint density at radius 3 is 3.04 bits per heavy atom. The molecule has 1 aromatic carbocycles. The fourth-order valence-corrected chi connectivity index (χ4v) is 4.21. The van der Waals surface area contributed by atoms with Crippen LogP contribution < -0.4 is 5.73 Å². The van der Waals surface area contributed by atoms with E-state index in [1.54, 1.807) is 0 Å². The molecule has 0 saturated carbocycles. The van der Waals surface area contributed by atoms with Crippen molar-refractivity contribution < 1.29 is 4.79 Å². The van der Waals surface area contributed by atoms with Crippen LogP contribution in [0, 0.1) is 0 Å². The Bertz CT molecular complexity index is 660. The van der Waals surface area contributed by atoms with Gasteiger partial charge in [-0.3, -0.25) is 4.79 Å². The molecule has 1 aliphatic rings. The average molecular weight is 354 g/mol. The predicted molar refractivity (Wildman–Crippen MR) is 100 cm³/mol. The van der Waals surface area contributed by atoms with Crippen LogP contribution in [-0.2, 0) is 11.2 Å². The molecule has 2 atom stereocenters. The first kappa shape index (κ1) is 18.2. The zero-order valence-electron chi connectivity index (χ0n) is 13.3. The lowest BCUT2D eigenvalue weighted by molar-refractivity contribution is -0.132. The van der Waals surface area contributed by atoms with Gasteiger partial charge in [-0.2, -0.15) is 11.8 Å². The van der Waals surface area contributed by atoms with Crippen molar-refractivity contribution in [3.05, 3.63) is 36.0 Å². The molecule has 1 unspecified atom stereocenters. The molecule has 0 aliphatic carbocycles. The number of rotatable bonds is 4. The molecule has 1 saturated heterocycles. The van der Waals surface area contributed by atoms with Crippen LogP contribution in [0.3, 0.4) is 0 Å². The van der Waals surface area contributed by atoms with Crippen LogP contribution >= 0.6 is 24.2 Å². The Kier molecular flexibility index (Phi) is 6.39. The Hall–Kier alpha value is -1.17. The van der Waals surface area contributed by atoms with E-state index in [1.807, 2.05) is 41.1 Å². The second-order valence-electron chi connectivity index (χ2n) is 5.86. The van der Waals surface area contributed by atoms with Gasteiger partial charge in [-0.05, 0) is 24.5 Å². The van der Waals surface area contributed by atoms with E-state index >= 15 is 0 Å². The number of benzene rings is 1. The van der Waals surface area contributed by atoms with Crippen LogP contribution in [0.4, 0.5) is 0 Å². The van der Waals surface area contributed by atoms with Gasteiger partial charge in [0.25, 0.3) is 0 Å². The number of carbonyl (C=O) groups excluding carboxylic acids is 1. The zero-order valence-corrected chi connectivity index (χ0v) is 15.0. The summed E-state index contributed by atoms with van der Waals surface area (Å²) >= 11 is 1.96. The molecule has 3 N–H and O–H groups in total. The maximum atomic E-state index is 12.6. The summed E-state index contributed by atoms with van der Waals surface area (Å²) in [5.74, 6) is 1.10. The maximum Gasteiger partial charge on any atom is 0.239 e. The Labute approximate surface area is 147 Å². The van der Waals surface area contributed by atoms with Crippen molar-refractivity contribution in [2.75, 3.05) is 18.8 Å². The van der Waals surface area contributed by atoms with Crippen molar-refractivity contribution >= 4 is 41.0 Å². The van der Waals surface area contributed by atoms with E-state index in [9.17, 15) is 4.79 Å². The van der Waals surface area contributed by atoms with Crippen LogP contribution in [-0.4, -0.2) is 45.9 Å². The van der Waals surface area contributed by atoms with Gasteiger partial charge in [-0.25, -0.2) is 0 Å². The first-order chi connectivity index (χ1) is 10.7. The highest BCUT2D eigenvalue weighted by atomic mass is 35.5. The number of nitrogens with one attached hydrogen (secondary N) is 1. The molecular formula is C17H24ClN3OS. The SMILES string of the molecule is CCC1CN(C(=O)[C@@H](N)Cc2c[nH]c3ccccc23)CCS1.Cl. The van der Waals surface area contributed by atoms with Gasteiger partial charge >= 0.3 is 0 Å². The number of fused-ring (bicyclic) bond motifs is 1. The molecule has 0 radical (unpaired) electrons. The first-order valence-corrected chi connectivity index (χ1v) is 8.95. The maximum absolute atomic E-state index is 12.6. The number of hydrogen-bond acceptors (Lipinski definition) is 3. The molecule has 2 aromatic rings. The number of nitrogens with two attached hydrogens (primary N) is 1. The first-order valence-electron chi connectivity index (χ1n) is 7.90. The number of para-hydroxylation sites is 1. The smallest absolute Gasteiger partial charge is 0.239 e. The van der Waals surface area contributed by atoms with Gasteiger partial charge < -0.3 is 15.6 Å². The lowest BCUT2D eigenvalue weighted by atomic mass is 10.0. The summed E-state index contributed by atoms with van der Waals surface area (Å²) in [6.07, 6.45) is 3.66. The standard InChI is InChI=1S/C17H23N3OS.ClH/c1-2-13-11-20(7-8-22-13)17(21)15(18)9-12-10-19-16-6-4-3-5-14(12)16;/h3-6,10,13,15,19H,2,7-9,11,18H2,1H3;1H/t13?,15-;/m0./s1. The summed E-state index contributed by atoms with van der Waals surface area (Å²) in [5.41, 5.74) is 8.42. The second kappa shape index (κ2) is 8.08. The molecule has 126 valence electrons. The Morgan fingerprint density at radius 2 is 2.26 bits per heavy atom. The van der Waals surface area contributed by atoms with E-state index in [0.717, 1.165) is 41.7 Å². The molecule has 4 nitrogen and oxygen atoms in total. The average Bonchev–Trinajstić information content (AvgIpc) is 2.97. The minimum Gasteiger partial charge on any atom is -0.361 e. The van der Waals surface area contributed by atoms with E-state index in [-0.39, 0.29) is 18.3 Å². The minimum absolute atomic E-state index is 0. The highest BCUT2D eigenvalue weighted by Gasteiger charge is 2.27. The zero-order chi connectivity index (χ0) is 15.5. The molecule has 6 heteroatoms. The van der Waals surface area contributed by atoms with Crippen molar-refractivity contribution in [3.8, 4) is 0 Å². The highest BCUT2D eigenvalue weighted by molar-refractivity contribution is 8.00. The van der Waals surface area contributed by atoms with Gasteiger partial charge in [0.05, 0.1) is 6.04 Å². The van der Waals surface area contributed by atoms with Gasteiger partial charge in [0.2, 0.25) is 5.91 Å². The lowest BCUT2D eigenvalue weighted by Gasteiger charge is -2.33. The molecule has 1 fully saturated rings. The number of amides is 1. The number of aromatic amines is 1. The van der Waals surface area contributed by atoms with Crippen molar-refractivity contribution in [1.82, 2.24) is 9.88 Å². The molecule has 0 bridgehead atoms. The number of thioether (sulfide) groups is 1. The van der Waals surface area contributed by atoms with E-state index in [0.29, 0.717) is 11.7 Å². The Morgan fingerprint density at radius 1 is 1.48 bits per heavy atom. The summed E-state index contributed by atoms with van der Waals surface area (Å²) < 4.78 is 0. The largest absolute Gasteiger partial charge is 0.361 e. The van der Waals surface area contributed by atoms with E-state index in [2.05, 4.69) is 18.0 Å². The minimum atomic E-state index is -0.459. The van der Waals surface area contributed by atoms with Crippen LogP contribution in [0.1, 0.15) is 18.9 Å². The fourth-order valence-electron chi connectivity index (χ4n) is 3.03. The number of H-pyrrole nitrogens is 1. The van der Waals surface area contributed by atoms with Crippen molar-refractivity contribution in [2.45, 2.75) is 31.1 Å². The van der Waals surface area contributed by atoms with E-state index in [1.165, 1.54) is 0 Å². The van der Waals surface area contributed by atoms with E-state index in [4.69, 9.17) is 5.73 Å². The van der Waals surface area contributed by atoms with Gasteiger partial charge in [-0.15, -0.1) is 12.4 Å². The summed E-state index contributed by atoms with van der Waals surface area (Å²) in [4.78, 5) is 17.8. The normalized spacial score (nSPS) is 19.4. The Balaban J connectivity index is 0.00000192. The number of nitrogens with zero attached hydrogens (tertiary/aromatic N) is 1. The van der Waals surface area contributed by atoms with Crippen LogP contribution in [0.2, 0.25) is 0 Å².